The van der Waals surface area contributed by atoms with Crippen molar-refractivity contribution in [2.75, 3.05) is 13.7 Å². The van der Waals surface area contributed by atoms with Crippen molar-refractivity contribution >= 4 is 18.3 Å². The van der Waals surface area contributed by atoms with E-state index in [-0.39, 0.29) is 30.5 Å². The smallest absolute Gasteiger partial charge is 0.249 e. The van der Waals surface area contributed by atoms with Crippen molar-refractivity contribution in [3.63, 3.8) is 0 Å². The van der Waals surface area contributed by atoms with Gasteiger partial charge in [-0.2, -0.15) is 0 Å². The van der Waals surface area contributed by atoms with E-state index in [1.165, 1.54) is 12.8 Å². The van der Waals surface area contributed by atoms with Crippen molar-refractivity contribution < 1.29 is 19.0 Å². The summed E-state index contributed by atoms with van der Waals surface area (Å²) in [6, 6.07) is 5.73. The van der Waals surface area contributed by atoms with E-state index in [1.807, 2.05) is 18.2 Å². The Morgan fingerprint density at radius 1 is 1.27 bits per heavy atom. The van der Waals surface area contributed by atoms with Gasteiger partial charge in [0.05, 0.1) is 19.3 Å². The van der Waals surface area contributed by atoms with E-state index in [9.17, 15) is 4.79 Å². The number of ether oxygens (including phenoxy) is 3. The highest BCUT2D eigenvalue weighted by atomic mass is 35.5. The monoisotopic (exact) mass is 384 g/mol. The fourth-order valence-corrected chi connectivity index (χ4v) is 3.47. The largest absolute Gasteiger partial charge is 0.497 e. The zero-order valence-corrected chi connectivity index (χ0v) is 16.1. The summed E-state index contributed by atoms with van der Waals surface area (Å²) in [7, 11) is 1.64. The minimum atomic E-state index is -0.397. The van der Waals surface area contributed by atoms with Gasteiger partial charge in [-0.1, -0.05) is 0 Å². The Labute approximate surface area is 161 Å². The van der Waals surface area contributed by atoms with Gasteiger partial charge in [-0.3, -0.25) is 4.79 Å². The fraction of sp³-hybridized carbons (Fsp3) is 0.632. The second-order valence-electron chi connectivity index (χ2n) is 6.78. The third-order valence-corrected chi connectivity index (χ3v) is 4.99. The Kier molecular flexibility index (Phi) is 8.00. The van der Waals surface area contributed by atoms with Crippen LogP contribution in [-0.2, 0) is 16.1 Å². The summed E-state index contributed by atoms with van der Waals surface area (Å²) in [6.45, 7) is 0.875. The van der Waals surface area contributed by atoms with E-state index in [1.54, 1.807) is 7.11 Å². The number of amides is 1. The molecule has 0 bridgehead atoms. The molecule has 1 aromatic rings. The van der Waals surface area contributed by atoms with Gasteiger partial charge >= 0.3 is 0 Å². The van der Waals surface area contributed by atoms with Gasteiger partial charge in [0.1, 0.15) is 17.6 Å². The van der Waals surface area contributed by atoms with Crippen molar-refractivity contribution in [2.45, 2.75) is 63.4 Å². The molecule has 2 fully saturated rings. The average molecular weight is 385 g/mol. The summed E-state index contributed by atoms with van der Waals surface area (Å²) >= 11 is 0. The van der Waals surface area contributed by atoms with E-state index in [0.717, 1.165) is 42.7 Å². The molecule has 26 heavy (non-hydrogen) atoms. The molecule has 3 N–H and O–H groups in total. The second kappa shape index (κ2) is 10.00. The van der Waals surface area contributed by atoms with Crippen molar-refractivity contribution in [1.82, 2.24) is 5.32 Å². The Morgan fingerprint density at radius 3 is 2.69 bits per heavy atom. The summed E-state index contributed by atoms with van der Waals surface area (Å²) in [5.74, 6) is 1.46. The molecule has 2 aliphatic rings. The number of rotatable bonds is 7. The predicted molar refractivity (Wildman–Crippen MR) is 102 cm³/mol. The molecule has 1 saturated carbocycles. The molecule has 0 spiro atoms. The highest BCUT2D eigenvalue weighted by Crippen LogP contribution is 2.30. The number of halogens is 1. The molecule has 1 aromatic carbocycles. The summed E-state index contributed by atoms with van der Waals surface area (Å²) < 4.78 is 17.1. The fourth-order valence-electron chi connectivity index (χ4n) is 3.47. The predicted octanol–water partition coefficient (Wildman–Crippen LogP) is 2.56. The van der Waals surface area contributed by atoms with Crippen LogP contribution in [0.15, 0.2) is 18.2 Å². The number of hydrogen-bond acceptors (Lipinski definition) is 5. The number of methoxy groups -OCH3 is 1. The Hall–Kier alpha value is -1.50. The van der Waals surface area contributed by atoms with E-state index >= 15 is 0 Å². The molecule has 1 aliphatic carbocycles. The molecule has 146 valence electrons. The van der Waals surface area contributed by atoms with Gasteiger partial charge in [0.2, 0.25) is 5.91 Å². The maximum Gasteiger partial charge on any atom is 0.249 e. The molecule has 1 heterocycles. The summed E-state index contributed by atoms with van der Waals surface area (Å²) in [4.78, 5) is 12.3. The quantitative estimate of drug-likeness (QED) is 0.754. The van der Waals surface area contributed by atoms with E-state index < -0.39 is 6.10 Å². The zero-order valence-electron chi connectivity index (χ0n) is 15.2. The van der Waals surface area contributed by atoms with Crippen LogP contribution < -0.4 is 20.5 Å². The lowest BCUT2D eigenvalue weighted by Crippen LogP contribution is -2.35. The number of nitrogens with one attached hydrogen (secondary N) is 1. The first-order valence-corrected chi connectivity index (χ1v) is 9.16. The van der Waals surface area contributed by atoms with Crippen molar-refractivity contribution in [1.29, 1.82) is 0 Å². The van der Waals surface area contributed by atoms with Gasteiger partial charge in [0, 0.05) is 24.7 Å². The first-order valence-electron chi connectivity index (χ1n) is 9.16. The highest BCUT2D eigenvalue weighted by molar-refractivity contribution is 5.85. The van der Waals surface area contributed by atoms with Crippen LogP contribution in [0.3, 0.4) is 0 Å². The average Bonchev–Trinajstić information content (AvgIpc) is 3.31. The first-order chi connectivity index (χ1) is 12.2. The van der Waals surface area contributed by atoms with Crippen LogP contribution in [0.2, 0.25) is 0 Å². The molecule has 1 aliphatic heterocycles. The van der Waals surface area contributed by atoms with Crippen LogP contribution in [0.4, 0.5) is 0 Å². The van der Waals surface area contributed by atoms with Crippen LogP contribution >= 0.6 is 12.4 Å². The molecule has 0 aromatic heterocycles. The maximum atomic E-state index is 12.3. The van der Waals surface area contributed by atoms with Gasteiger partial charge in [0.25, 0.3) is 0 Å². The van der Waals surface area contributed by atoms with Crippen molar-refractivity contribution in [2.24, 2.45) is 5.73 Å². The summed E-state index contributed by atoms with van der Waals surface area (Å²) in [6.07, 6.45) is 6.01. The molecule has 3 rings (SSSR count). The van der Waals surface area contributed by atoms with Gasteiger partial charge in [-0.05, 0) is 50.7 Å². The van der Waals surface area contributed by atoms with Gasteiger partial charge in [-0.15, -0.1) is 12.4 Å². The molecule has 0 unspecified atom stereocenters. The SMILES string of the molecule is COc1ccc(CNC(=O)[C@@H]2CC[C@H](CN)O2)c(OC2CCCC2)c1.Cl. The van der Waals surface area contributed by atoms with Gasteiger partial charge in [-0.25, -0.2) is 0 Å². The van der Waals surface area contributed by atoms with Crippen molar-refractivity contribution in [3.05, 3.63) is 23.8 Å². The van der Waals surface area contributed by atoms with Crippen LogP contribution in [0.1, 0.15) is 44.1 Å². The summed E-state index contributed by atoms with van der Waals surface area (Å²) in [5, 5.41) is 2.96. The van der Waals surface area contributed by atoms with Crippen LogP contribution in [0, 0.1) is 0 Å². The number of benzene rings is 1. The number of hydrogen-bond donors (Lipinski definition) is 2. The number of carbonyl (C=O) groups is 1. The molecular formula is C19H29ClN2O4. The Balaban J connectivity index is 0.00000243. The highest BCUT2D eigenvalue weighted by Gasteiger charge is 2.29. The third kappa shape index (κ3) is 5.25. The lowest BCUT2D eigenvalue weighted by molar-refractivity contribution is -0.132. The molecule has 1 saturated heterocycles. The van der Waals surface area contributed by atoms with Crippen molar-refractivity contribution in [3.8, 4) is 11.5 Å². The van der Waals surface area contributed by atoms with Crippen LogP contribution in [0.5, 0.6) is 11.5 Å². The lowest BCUT2D eigenvalue weighted by Gasteiger charge is -2.18. The van der Waals surface area contributed by atoms with Gasteiger partial charge < -0.3 is 25.3 Å². The first kappa shape index (κ1) is 20.8. The standard InChI is InChI=1S/C19H28N2O4.ClH/c1-23-15-7-6-13(18(10-15)24-14-4-2-3-5-14)12-21-19(22)17-9-8-16(11-20)25-17;/h6-7,10,14,16-17H,2-5,8-9,11-12,20H2,1H3,(H,21,22);1H/t16-,17+;/m1./s1. The Morgan fingerprint density at radius 2 is 2.04 bits per heavy atom. The van der Waals surface area contributed by atoms with Crippen LogP contribution in [0.25, 0.3) is 0 Å². The number of nitrogens with two attached hydrogens (primary N) is 1. The molecule has 6 nitrogen and oxygen atoms in total. The zero-order chi connectivity index (χ0) is 17.6. The normalized spacial score (nSPS) is 22.7. The summed E-state index contributed by atoms with van der Waals surface area (Å²) in [5.41, 5.74) is 6.55. The van der Waals surface area contributed by atoms with E-state index in [0.29, 0.717) is 13.1 Å². The Bertz CT molecular complexity index is 593. The molecule has 1 amide bonds. The lowest BCUT2D eigenvalue weighted by atomic mass is 10.1. The maximum absolute atomic E-state index is 12.3. The minimum absolute atomic E-state index is 0. The van der Waals surface area contributed by atoms with Gasteiger partial charge in [0.15, 0.2) is 0 Å². The minimum Gasteiger partial charge on any atom is -0.497 e. The second-order valence-corrected chi connectivity index (χ2v) is 6.78. The molecule has 2 atom stereocenters. The van der Waals surface area contributed by atoms with Crippen LogP contribution in [-0.4, -0.2) is 37.9 Å². The topological polar surface area (TPSA) is 82.8 Å². The third-order valence-electron chi connectivity index (χ3n) is 4.99. The molecule has 0 radical (unpaired) electrons. The van der Waals surface area contributed by atoms with E-state index in [2.05, 4.69) is 5.32 Å². The van der Waals surface area contributed by atoms with E-state index in [4.69, 9.17) is 19.9 Å². The number of carbonyl (C=O) groups excluding carboxylic acids is 1. The molecule has 7 heteroatoms. The molecular weight excluding hydrogens is 356 g/mol.